The van der Waals surface area contributed by atoms with E-state index in [1.54, 1.807) is 0 Å². The van der Waals surface area contributed by atoms with Gasteiger partial charge in [0.05, 0.1) is 17.5 Å². The number of aromatic amines is 1. The zero-order chi connectivity index (χ0) is 14.5. The SMILES string of the molecule is CC1Cc2c(-c3[nH]ncc3C(N)=O)cccc2C1(C)C. The number of nitrogens with two attached hydrogens (primary N) is 1. The number of aromatic nitrogens is 2. The van der Waals surface area contributed by atoms with Crippen molar-refractivity contribution in [1.29, 1.82) is 0 Å². The first-order valence-corrected chi connectivity index (χ1v) is 6.89. The Labute approximate surface area is 118 Å². The van der Waals surface area contributed by atoms with Gasteiger partial charge in [-0.3, -0.25) is 9.89 Å². The number of nitrogens with one attached hydrogen (secondary N) is 1. The van der Waals surface area contributed by atoms with Crippen molar-refractivity contribution in [2.24, 2.45) is 11.7 Å². The average molecular weight is 269 g/mol. The number of carbonyl (C=O) groups is 1. The molecule has 0 saturated heterocycles. The second kappa shape index (κ2) is 4.20. The van der Waals surface area contributed by atoms with Crippen LogP contribution >= 0.6 is 0 Å². The van der Waals surface area contributed by atoms with E-state index in [1.165, 1.54) is 17.3 Å². The highest BCUT2D eigenvalue weighted by Crippen LogP contribution is 2.46. The minimum absolute atomic E-state index is 0.151. The van der Waals surface area contributed by atoms with Gasteiger partial charge in [0.15, 0.2) is 0 Å². The second-order valence-corrected chi connectivity index (χ2v) is 6.18. The average Bonchev–Trinajstić information content (AvgIpc) is 2.95. The van der Waals surface area contributed by atoms with E-state index in [1.807, 2.05) is 12.1 Å². The lowest BCUT2D eigenvalue weighted by Gasteiger charge is -2.25. The van der Waals surface area contributed by atoms with Crippen LogP contribution in [-0.4, -0.2) is 16.1 Å². The monoisotopic (exact) mass is 269 g/mol. The molecule has 1 aromatic carbocycles. The highest BCUT2D eigenvalue weighted by Gasteiger charge is 2.38. The van der Waals surface area contributed by atoms with Crippen molar-refractivity contribution in [3.05, 3.63) is 41.1 Å². The van der Waals surface area contributed by atoms with Gasteiger partial charge in [-0.2, -0.15) is 5.10 Å². The van der Waals surface area contributed by atoms with E-state index >= 15 is 0 Å². The van der Waals surface area contributed by atoms with E-state index in [2.05, 4.69) is 37.0 Å². The van der Waals surface area contributed by atoms with Crippen LogP contribution in [0.1, 0.15) is 42.3 Å². The second-order valence-electron chi connectivity index (χ2n) is 6.18. The van der Waals surface area contributed by atoms with Crippen molar-refractivity contribution >= 4 is 5.91 Å². The molecule has 0 spiro atoms. The van der Waals surface area contributed by atoms with Gasteiger partial charge in [0.2, 0.25) is 0 Å². The van der Waals surface area contributed by atoms with Gasteiger partial charge in [0, 0.05) is 5.56 Å². The summed E-state index contributed by atoms with van der Waals surface area (Å²) in [5, 5.41) is 6.90. The minimum atomic E-state index is -0.448. The third-order valence-corrected chi connectivity index (χ3v) is 4.79. The maximum atomic E-state index is 11.5. The lowest BCUT2D eigenvalue weighted by Crippen LogP contribution is -2.21. The Kier molecular flexibility index (Phi) is 2.71. The number of rotatable bonds is 2. The molecule has 2 aromatic rings. The molecule has 0 bridgehead atoms. The summed E-state index contributed by atoms with van der Waals surface area (Å²) in [6.07, 6.45) is 2.51. The lowest BCUT2D eigenvalue weighted by atomic mass is 9.79. The summed E-state index contributed by atoms with van der Waals surface area (Å²) in [6.45, 7) is 6.82. The van der Waals surface area contributed by atoms with Gasteiger partial charge in [0.1, 0.15) is 0 Å². The van der Waals surface area contributed by atoms with Crippen molar-refractivity contribution in [3.63, 3.8) is 0 Å². The predicted molar refractivity (Wildman–Crippen MR) is 78.4 cm³/mol. The summed E-state index contributed by atoms with van der Waals surface area (Å²) >= 11 is 0. The van der Waals surface area contributed by atoms with Crippen LogP contribution in [0.4, 0.5) is 0 Å². The molecule has 4 heteroatoms. The highest BCUT2D eigenvalue weighted by atomic mass is 16.1. The fourth-order valence-corrected chi connectivity index (χ4v) is 3.15. The predicted octanol–water partition coefficient (Wildman–Crippen LogP) is 2.65. The van der Waals surface area contributed by atoms with Crippen LogP contribution in [-0.2, 0) is 11.8 Å². The molecule has 3 rings (SSSR count). The molecule has 1 atom stereocenters. The molecule has 1 unspecified atom stereocenters. The van der Waals surface area contributed by atoms with E-state index in [-0.39, 0.29) is 5.41 Å². The number of fused-ring (bicyclic) bond motifs is 1. The lowest BCUT2D eigenvalue weighted by molar-refractivity contribution is 0.100. The molecule has 1 aliphatic carbocycles. The van der Waals surface area contributed by atoms with Crippen molar-refractivity contribution < 1.29 is 4.79 Å². The van der Waals surface area contributed by atoms with Crippen molar-refractivity contribution in [3.8, 4) is 11.3 Å². The van der Waals surface area contributed by atoms with Crippen LogP contribution in [0.3, 0.4) is 0 Å². The molecule has 1 aliphatic rings. The standard InChI is InChI=1S/C16H19N3O/c1-9-7-11-10(5-4-6-13(11)16(9,2)3)14-12(15(17)20)8-18-19-14/h4-6,8-9H,7H2,1-3H3,(H2,17,20)(H,18,19). The van der Waals surface area contributed by atoms with Gasteiger partial charge in [-0.05, 0) is 28.9 Å². The summed E-state index contributed by atoms with van der Waals surface area (Å²) in [5.41, 5.74) is 10.5. The third-order valence-electron chi connectivity index (χ3n) is 4.79. The molecule has 4 nitrogen and oxygen atoms in total. The van der Waals surface area contributed by atoms with E-state index in [0.717, 1.165) is 17.7 Å². The van der Waals surface area contributed by atoms with Gasteiger partial charge in [-0.25, -0.2) is 0 Å². The van der Waals surface area contributed by atoms with Crippen molar-refractivity contribution in [2.75, 3.05) is 0 Å². The molecule has 20 heavy (non-hydrogen) atoms. The summed E-state index contributed by atoms with van der Waals surface area (Å²) in [6, 6.07) is 6.26. The topological polar surface area (TPSA) is 71.8 Å². The number of benzene rings is 1. The van der Waals surface area contributed by atoms with Gasteiger partial charge in [-0.15, -0.1) is 0 Å². The highest BCUT2D eigenvalue weighted by molar-refractivity contribution is 5.99. The molecule has 0 fully saturated rings. The molecule has 0 radical (unpaired) electrons. The number of hydrogen-bond acceptors (Lipinski definition) is 2. The van der Waals surface area contributed by atoms with E-state index in [9.17, 15) is 4.79 Å². The maximum Gasteiger partial charge on any atom is 0.252 e. The van der Waals surface area contributed by atoms with Crippen LogP contribution in [0.5, 0.6) is 0 Å². The number of amides is 1. The molecule has 1 aromatic heterocycles. The van der Waals surface area contributed by atoms with Gasteiger partial charge in [0.25, 0.3) is 5.91 Å². The molecule has 1 amide bonds. The zero-order valence-electron chi connectivity index (χ0n) is 12.0. The van der Waals surface area contributed by atoms with E-state index in [4.69, 9.17) is 5.73 Å². The smallest absolute Gasteiger partial charge is 0.252 e. The number of hydrogen-bond donors (Lipinski definition) is 2. The Hall–Kier alpha value is -2.10. The molecule has 0 saturated carbocycles. The van der Waals surface area contributed by atoms with Gasteiger partial charge >= 0.3 is 0 Å². The van der Waals surface area contributed by atoms with Crippen LogP contribution in [0.15, 0.2) is 24.4 Å². The minimum Gasteiger partial charge on any atom is -0.365 e. The molecule has 1 heterocycles. The Morgan fingerprint density at radius 1 is 1.45 bits per heavy atom. The Morgan fingerprint density at radius 3 is 2.90 bits per heavy atom. The Bertz CT molecular complexity index is 685. The first-order valence-electron chi connectivity index (χ1n) is 6.89. The van der Waals surface area contributed by atoms with Crippen LogP contribution in [0, 0.1) is 5.92 Å². The zero-order valence-corrected chi connectivity index (χ0v) is 12.0. The van der Waals surface area contributed by atoms with Crippen LogP contribution < -0.4 is 5.73 Å². The van der Waals surface area contributed by atoms with Crippen LogP contribution in [0.2, 0.25) is 0 Å². The van der Waals surface area contributed by atoms with Crippen molar-refractivity contribution in [1.82, 2.24) is 10.2 Å². The van der Waals surface area contributed by atoms with E-state index < -0.39 is 5.91 Å². The quantitative estimate of drug-likeness (QED) is 0.879. The normalized spacial score (nSPS) is 19.9. The molecular weight excluding hydrogens is 250 g/mol. The molecule has 3 N–H and O–H groups in total. The maximum absolute atomic E-state index is 11.5. The van der Waals surface area contributed by atoms with Gasteiger partial charge < -0.3 is 5.73 Å². The van der Waals surface area contributed by atoms with Crippen molar-refractivity contribution in [2.45, 2.75) is 32.6 Å². The first-order chi connectivity index (χ1) is 9.43. The number of primary amides is 1. The fourth-order valence-electron chi connectivity index (χ4n) is 3.15. The van der Waals surface area contributed by atoms with Crippen LogP contribution in [0.25, 0.3) is 11.3 Å². The number of nitrogens with zero attached hydrogens (tertiary/aromatic N) is 1. The Morgan fingerprint density at radius 2 is 2.20 bits per heavy atom. The molecular formula is C16H19N3O. The van der Waals surface area contributed by atoms with Gasteiger partial charge in [-0.1, -0.05) is 39.0 Å². The fraction of sp³-hybridized carbons (Fsp3) is 0.375. The largest absolute Gasteiger partial charge is 0.365 e. The summed E-state index contributed by atoms with van der Waals surface area (Å²) in [4.78, 5) is 11.5. The van der Waals surface area contributed by atoms with E-state index in [0.29, 0.717) is 11.5 Å². The first kappa shape index (κ1) is 12.9. The number of H-pyrrole nitrogens is 1. The summed E-state index contributed by atoms with van der Waals surface area (Å²) in [7, 11) is 0. The molecule has 104 valence electrons. The number of carbonyl (C=O) groups excluding carboxylic acids is 1. The third kappa shape index (κ3) is 1.68. The summed E-state index contributed by atoms with van der Waals surface area (Å²) in [5.74, 6) is 0.121. The summed E-state index contributed by atoms with van der Waals surface area (Å²) < 4.78 is 0. The molecule has 0 aliphatic heterocycles. The Balaban J connectivity index is 2.21.